The number of allylic oxidation sites excluding steroid dienone is 2. The average Bonchev–Trinajstić information content (AvgIpc) is 3.05. The molecule has 0 saturated carbocycles. The molecule has 1 unspecified atom stereocenters. The molecular weight excluding hydrogens is 378 g/mol. The van der Waals surface area contributed by atoms with Gasteiger partial charge in [-0.15, -0.1) is 0 Å². The Balaban J connectivity index is 1.59. The summed E-state index contributed by atoms with van der Waals surface area (Å²) in [5, 5.41) is 0. The van der Waals surface area contributed by atoms with Gasteiger partial charge < -0.3 is 9.64 Å². The normalized spacial score (nSPS) is 19.1. The third-order valence-electron chi connectivity index (χ3n) is 5.97. The maximum absolute atomic E-state index is 12.0. The number of methoxy groups -OCH3 is 1. The molecule has 0 aromatic heterocycles. The summed E-state index contributed by atoms with van der Waals surface area (Å²) in [5.41, 5.74) is 4.28. The molecule has 1 aromatic rings. The zero-order valence-corrected chi connectivity index (χ0v) is 18.0. The van der Waals surface area contributed by atoms with E-state index >= 15 is 0 Å². The predicted octanol–water partition coefficient (Wildman–Crippen LogP) is 3.94. The largest absolute Gasteiger partial charge is 0.465 e. The highest BCUT2D eigenvalue weighted by Crippen LogP contribution is 2.23. The number of nitrogens with zero attached hydrogens (tertiary/aromatic N) is 1. The van der Waals surface area contributed by atoms with Crippen LogP contribution in [0.15, 0.2) is 42.0 Å². The Hall–Kier alpha value is -2.69. The first-order valence-electron chi connectivity index (χ1n) is 10.9. The van der Waals surface area contributed by atoms with Crippen LogP contribution in [0.4, 0.5) is 0 Å². The molecule has 0 bridgehead atoms. The van der Waals surface area contributed by atoms with Crippen LogP contribution in [-0.2, 0) is 38.5 Å². The lowest BCUT2D eigenvalue weighted by Crippen LogP contribution is -2.24. The van der Waals surface area contributed by atoms with E-state index in [1.54, 1.807) is 6.08 Å². The number of rotatable bonds is 8. The molecule has 3 rings (SSSR count). The van der Waals surface area contributed by atoms with E-state index in [1.807, 2.05) is 11.0 Å². The van der Waals surface area contributed by atoms with Gasteiger partial charge in [0.05, 0.1) is 12.7 Å². The standard InChI is InChI=1S/C25H31NO4/c1-3-20-14-18(9-10-22(20)17-26-13-5-8-24(26)28)6-4-7-19-15-21(25(29)30-2)11-12-23(27)16-19/h9-12,14-15,19H,3-8,13,16-17H2,1-2H3. The van der Waals surface area contributed by atoms with Crippen LogP contribution < -0.4 is 0 Å². The van der Waals surface area contributed by atoms with Crippen molar-refractivity contribution in [1.29, 1.82) is 0 Å². The smallest absolute Gasteiger partial charge is 0.337 e. The highest BCUT2D eigenvalue weighted by Gasteiger charge is 2.21. The van der Waals surface area contributed by atoms with E-state index in [9.17, 15) is 14.4 Å². The van der Waals surface area contributed by atoms with Crippen LogP contribution in [0.1, 0.15) is 55.7 Å². The topological polar surface area (TPSA) is 63.7 Å². The Morgan fingerprint density at radius 2 is 2.03 bits per heavy atom. The van der Waals surface area contributed by atoms with Gasteiger partial charge in [-0.3, -0.25) is 9.59 Å². The fraction of sp³-hybridized carbons (Fsp3) is 0.480. The van der Waals surface area contributed by atoms with Gasteiger partial charge in [0.2, 0.25) is 5.91 Å². The number of hydrogen-bond donors (Lipinski definition) is 0. The predicted molar refractivity (Wildman–Crippen MR) is 116 cm³/mol. The summed E-state index contributed by atoms with van der Waals surface area (Å²) >= 11 is 0. The second kappa shape index (κ2) is 10.4. The van der Waals surface area contributed by atoms with E-state index in [0.717, 1.165) is 38.6 Å². The Kier molecular flexibility index (Phi) is 7.61. The zero-order chi connectivity index (χ0) is 21.5. The van der Waals surface area contributed by atoms with E-state index in [-0.39, 0.29) is 17.6 Å². The first-order valence-corrected chi connectivity index (χ1v) is 10.9. The van der Waals surface area contributed by atoms with Crippen LogP contribution in [0.3, 0.4) is 0 Å². The lowest BCUT2D eigenvalue weighted by molar-refractivity contribution is -0.135. The first kappa shape index (κ1) is 22.0. The molecular formula is C25H31NO4. The SMILES string of the molecule is CCc1cc(CCCC2C=C(C(=O)OC)C=CC(=O)C2)ccc1CN1CCCC1=O. The maximum Gasteiger partial charge on any atom is 0.337 e. The summed E-state index contributed by atoms with van der Waals surface area (Å²) < 4.78 is 4.80. The summed E-state index contributed by atoms with van der Waals surface area (Å²) in [6.45, 7) is 3.72. The molecule has 1 aliphatic heterocycles. The molecule has 30 heavy (non-hydrogen) atoms. The molecule has 5 heteroatoms. The number of amides is 1. The molecule has 1 fully saturated rings. The number of carbonyl (C=O) groups is 3. The summed E-state index contributed by atoms with van der Waals surface area (Å²) in [5.74, 6) is -0.0458. The summed E-state index contributed by atoms with van der Waals surface area (Å²) in [6.07, 6.45) is 10.6. The number of hydrogen-bond acceptors (Lipinski definition) is 4. The number of ketones is 1. The third kappa shape index (κ3) is 5.68. The summed E-state index contributed by atoms with van der Waals surface area (Å²) in [6, 6.07) is 6.57. The lowest BCUT2D eigenvalue weighted by Gasteiger charge is -2.18. The van der Waals surface area contributed by atoms with E-state index in [4.69, 9.17) is 4.74 Å². The van der Waals surface area contributed by atoms with E-state index < -0.39 is 5.97 Å². The van der Waals surface area contributed by atoms with Gasteiger partial charge >= 0.3 is 5.97 Å². The molecule has 1 aliphatic carbocycles. The second-order valence-corrected chi connectivity index (χ2v) is 8.15. The van der Waals surface area contributed by atoms with Gasteiger partial charge in [-0.2, -0.15) is 0 Å². The Morgan fingerprint density at radius 1 is 1.20 bits per heavy atom. The van der Waals surface area contributed by atoms with Crippen molar-refractivity contribution < 1.29 is 19.1 Å². The van der Waals surface area contributed by atoms with Crippen molar-refractivity contribution in [3.05, 3.63) is 58.7 Å². The van der Waals surface area contributed by atoms with E-state index in [1.165, 1.54) is 29.9 Å². The van der Waals surface area contributed by atoms with Gasteiger partial charge in [0.1, 0.15) is 0 Å². The van der Waals surface area contributed by atoms with Crippen LogP contribution in [-0.4, -0.2) is 36.2 Å². The number of esters is 1. The van der Waals surface area contributed by atoms with Crippen molar-refractivity contribution in [2.75, 3.05) is 13.7 Å². The third-order valence-corrected chi connectivity index (χ3v) is 5.97. The van der Waals surface area contributed by atoms with Crippen LogP contribution in [0.5, 0.6) is 0 Å². The minimum absolute atomic E-state index is 0.0456. The molecule has 0 radical (unpaired) electrons. The van der Waals surface area contributed by atoms with Crippen molar-refractivity contribution in [1.82, 2.24) is 4.90 Å². The number of ether oxygens (including phenoxy) is 1. The van der Waals surface area contributed by atoms with Gasteiger partial charge in [0.15, 0.2) is 5.78 Å². The Morgan fingerprint density at radius 3 is 2.73 bits per heavy atom. The number of likely N-dealkylation sites (tertiary alicyclic amines) is 1. The zero-order valence-electron chi connectivity index (χ0n) is 18.0. The Labute approximate surface area is 178 Å². The highest BCUT2D eigenvalue weighted by molar-refractivity contribution is 5.97. The van der Waals surface area contributed by atoms with Crippen LogP contribution in [0.2, 0.25) is 0 Å². The lowest BCUT2D eigenvalue weighted by atomic mass is 9.93. The minimum atomic E-state index is -0.398. The molecule has 1 aromatic carbocycles. The first-order chi connectivity index (χ1) is 14.5. The van der Waals surface area contributed by atoms with Gasteiger partial charge in [-0.25, -0.2) is 4.79 Å². The molecule has 1 amide bonds. The molecule has 1 heterocycles. The van der Waals surface area contributed by atoms with Crippen LogP contribution in [0, 0.1) is 5.92 Å². The summed E-state index contributed by atoms with van der Waals surface area (Å²) in [7, 11) is 1.35. The monoisotopic (exact) mass is 409 g/mol. The van der Waals surface area contributed by atoms with Crippen molar-refractivity contribution in [2.45, 2.75) is 58.4 Å². The van der Waals surface area contributed by atoms with Crippen LogP contribution in [0.25, 0.3) is 0 Å². The minimum Gasteiger partial charge on any atom is -0.465 e. The van der Waals surface area contributed by atoms with Crippen molar-refractivity contribution in [3.63, 3.8) is 0 Å². The molecule has 160 valence electrons. The Bertz CT molecular complexity index is 868. The van der Waals surface area contributed by atoms with Crippen molar-refractivity contribution in [3.8, 4) is 0 Å². The van der Waals surface area contributed by atoms with E-state index in [2.05, 4.69) is 25.1 Å². The van der Waals surface area contributed by atoms with Gasteiger partial charge in [0.25, 0.3) is 0 Å². The molecule has 2 aliphatic rings. The molecule has 0 N–H and O–H groups in total. The van der Waals surface area contributed by atoms with E-state index in [0.29, 0.717) is 25.0 Å². The van der Waals surface area contributed by atoms with Crippen molar-refractivity contribution in [2.24, 2.45) is 5.92 Å². The molecule has 1 atom stereocenters. The highest BCUT2D eigenvalue weighted by atomic mass is 16.5. The summed E-state index contributed by atoms with van der Waals surface area (Å²) in [4.78, 5) is 37.7. The fourth-order valence-corrected chi connectivity index (χ4v) is 4.28. The van der Waals surface area contributed by atoms with Crippen LogP contribution >= 0.6 is 0 Å². The maximum atomic E-state index is 12.0. The second-order valence-electron chi connectivity index (χ2n) is 8.15. The molecule has 1 saturated heterocycles. The van der Waals surface area contributed by atoms with Gasteiger partial charge in [-0.1, -0.05) is 31.2 Å². The molecule has 0 spiro atoms. The number of benzene rings is 1. The number of carbonyl (C=O) groups excluding carboxylic acids is 3. The van der Waals surface area contributed by atoms with Gasteiger partial charge in [0, 0.05) is 25.9 Å². The fourth-order valence-electron chi connectivity index (χ4n) is 4.28. The molecule has 5 nitrogen and oxygen atoms in total. The number of aryl methyl sites for hydroxylation is 2. The average molecular weight is 410 g/mol. The van der Waals surface area contributed by atoms with Crippen molar-refractivity contribution >= 4 is 17.7 Å². The quantitative estimate of drug-likeness (QED) is 0.610. The van der Waals surface area contributed by atoms with Gasteiger partial charge in [-0.05, 0) is 66.9 Å².